The molecule has 0 saturated carbocycles. The summed E-state index contributed by atoms with van der Waals surface area (Å²) in [6.07, 6.45) is -2.05. The zero-order valence-electron chi connectivity index (χ0n) is 17.4. The zero-order valence-corrected chi connectivity index (χ0v) is 18.2. The minimum Gasteiger partial charge on any atom is -0.306 e. The molecule has 0 bridgehead atoms. The van der Waals surface area contributed by atoms with Crippen molar-refractivity contribution < 1.29 is 13.2 Å². The number of H-pyrrole nitrogens is 1. The molecule has 0 saturated heterocycles. The third-order valence-corrected chi connectivity index (χ3v) is 6.40. The number of hydrogen-bond donors (Lipinski definition) is 1. The van der Waals surface area contributed by atoms with Crippen molar-refractivity contribution in [1.29, 1.82) is 0 Å². The Labute approximate surface area is 191 Å². The lowest BCUT2D eigenvalue weighted by molar-refractivity contribution is -0.137. The summed E-state index contributed by atoms with van der Waals surface area (Å²) in [6, 6.07) is 10.7. The van der Waals surface area contributed by atoms with Gasteiger partial charge < -0.3 is 4.98 Å². The van der Waals surface area contributed by atoms with E-state index in [9.17, 15) is 18.0 Å². The molecule has 5 nitrogen and oxygen atoms in total. The van der Waals surface area contributed by atoms with Crippen LogP contribution in [0.2, 0.25) is 0 Å². The summed E-state index contributed by atoms with van der Waals surface area (Å²) in [5, 5.41) is 4.08. The van der Waals surface area contributed by atoms with Crippen LogP contribution in [-0.4, -0.2) is 26.4 Å². The van der Waals surface area contributed by atoms with Crippen molar-refractivity contribution in [2.45, 2.75) is 25.7 Å². The van der Waals surface area contributed by atoms with E-state index >= 15 is 0 Å². The molecule has 33 heavy (non-hydrogen) atoms. The summed E-state index contributed by atoms with van der Waals surface area (Å²) in [4.78, 5) is 26.9. The predicted molar refractivity (Wildman–Crippen MR) is 121 cm³/mol. The third-order valence-electron chi connectivity index (χ3n) is 5.71. The monoisotopic (exact) mass is 468 g/mol. The van der Waals surface area contributed by atoms with E-state index in [4.69, 9.17) is 0 Å². The largest absolute Gasteiger partial charge is 0.416 e. The highest BCUT2D eigenvalue weighted by Crippen LogP contribution is 2.31. The standard InChI is InChI=1S/C24H19F3N4OS/c25-24(26,27)18-5-3-15(4-6-18)22-29-20-7-10-31(13-19(20)23(32)30-22)12-16-2-1-9-28-21(16)17-8-11-33-14-17/h1-6,8-9,11,14H,7,10,12-13H2,(H,29,30,32). The average molecular weight is 469 g/mol. The molecule has 0 unspecified atom stereocenters. The fraction of sp³-hybridized carbons (Fsp3) is 0.208. The van der Waals surface area contributed by atoms with Crippen molar-refractivity contribution >= 4 is 11.3 Å². The number of hydrogen-bond acceptors (Lipinski definition) is 5. The van der Waals surface area contributed by atoms with Crippen molar-refractivity contribution in [1.82, 2.24) is 19.9 Å². The molecule has 1 N–H and O–H groups in total. The number of aromatic nitrogens is 3. The van der Waals surface area contributed by atoms with Crippen LogP contribution >= 0.6 is 11.3 Å². The molecule has 4 aromatic rings. The Balaban J connectivity index is 1.38. The molecule has 0 aliphatic carbocycles. The number of nitrogens with zero attached hydrogens (tertiary/aromatic N) is 3. The molecule has 4 heterocycles. The van der Waals surface area contributed by atoms with Crippen LogP contribution in [0.5, 0.6) is 0 Å². The number of alkyl halides is 3. The quantitative estimate of drug-likeness (QED) is 0.451. The third kappa shape index (κ3) is 4.46. The first-order valence-corrected chi connectivity index (χ1v) is 11.3. The molecular weight excluding hydrogens is 449 g/mol. The Bertz CT molecular complexity index is 1330. The summed E-state index contributed by atoms with van der Waals surface area (Å²) < 4.78 is 38.5. The number of rotatable bonds is 4. The molecule has 168 valence electrons. The van der Waals surface area contributed by atoms with Crippen LogP contribution in [0.25, 0.3) is 22.6 Å². The minimum atomic E-state index is -4.41. The number of thiophene rings is 1. The Morgan fingerprint density at radius 3 is 2.64 bits per heavy atom. The van der Waals surface area contributed by atoms with Gasteiger partial charge in [-0.2, -0.15) is 24.5 Å². The maximum atomic E-state index is 12.8. The molecule has 3 aromatic heterocycles. The minimum absolute atomic E-state index is 0.260. The molecule has 0 radical (unpaired) electrons. The van der Waals surface area contributed by atoms with Gasteiger partial charge in [-0.15, -0.1) is 0 Å². The number of nitrogens with one attached hydrogen (secondary N) is 1. The lowest BCUT2D eigenvalue weighted by Gasteiger charge is -2.28. The van der Waals surface area contributed by atoms with Crippen LogP contribution in [0.1, 0.15) is 22.4 Å². The van der Waals surface area contributed by atoms with Gasteiger partial charge in [-0.3, -0.25) is 14.7 Å². The first-order chi connectivity index (χ1) is 15.9. The van der Waals surface area contributed by atoms with E-state index < -0.39 is 11.7 Å². The Hall–Kier alpha value is -3.30. The topological polar surface area (TPSA) is 61.9 Å². The molecule has 1 aliphatic heterocycles. The highest BCUT2D eigenvalue weighted by atomic mass is 32.1. The lowest BCUT2D eigenvalue weighted by atomic mass is 10.0. The van der Waals surface area contributed by atoms with E-state index in [1.807, 2.05) is 23.6 Å². The van der Waals surface area contributed by atoms with Crippen LogP contribution in [0.4, 0.5) is 13.2 Å². The molecular formula is C24H19F3N4OS. The van der Waals surface area contributed by atoms with Crippen LogP contribution in [0, 0.1) is 0 Å². The SMILES string of the molecule is O=c1[nH]c(-c2ccc(C(F)(F)F)cc2)nc2c1CN(Cc1cccnc1-c1ccsc1)CC2. The number of pyridine rings is 1. The smallest absolute Gasteiger partial charge is 0.306 e. The van der Waals surface area contributed by atoms with Gasteiger partial charge >= 0.3 is 6.18 Å². The molecule has 5 rings (SSSR count). The van der Waals surface area contributed by atoms with Gasteiger partial charge in [0.05, 0.1) is 22.5 Å². The summed E-state index contributed by atoms with van der Waals surface area (Å²) in [5.41, 5.74) is 3.84. The first kappa shape index (κ1) is 21.5. The summed E-state index contributed by atoms with van der Waals surface area (Å²) in [6.45, 7) is 1.81. The molecule has 0 fully saturated rings. The van der Waals surface area contributed by atoms with E-state index in [2.05, 4.69) is 25.2 Å². The summed E-state index contributed by atoms with van der Waals surface area (Å²) in [7, 11) is 0. The first-order valence-electron chi connectivity index (χ1n) is 10.4. The van der Waals surface area contributed by atoms with E-state index in [0.29, 0.717) is 42.9 Å². The molecule has 0 amide bonds. The molecule has 1 aliphatic rings. The van der Waals surface area contributed by atoms with Crippen molar-refractivity contribution in [3.05, 3.63) is 92.2 Å². The molecule has 1 aromatic carbocycles. The van der Waals surface area contributed by atoms with E-state index in [-0.39, 0.29) is 11.4 Å². The molecule has 0 atom stereocenters. The lowest BCUT2D eigenvalue weighted by Crippen LogP contribution is -2.35. The van der Waals surface area contributed by atoms with Gasteiger partial charge in [0.15, 0.2) is 0 Å². The van der Waals surface area contributed by atoms with Crippen molar-refractivity contribution in [2.24, 2.45) is 0 Å². The van der Waals surface area contributed by atoms with Gasteiger partial charge in [-0.25, -0.2) is 4.98 Å². The highest BCUT2D eigenvalue weighted by molar-refractivity contribution is 7.08. The van der Waals surface area contributed by atoms with Crippen molar-refractivity contribution in [3.8, 4) is 22.6 Å². The summed E-state index contributed by atoms with van der Waals surface area (Å²) >= 11 is 1.62. The number of benzene rings is 1. The van der Waals surface area contributed by atoms with Gasteiger partial charge in [-0.05, 0) is 35.2 Å². The fourth-order valence-corrected chi connectivity index (χ4v) is 4.68. The number of halogens is 3. The van der Waals surface area contributed by atoms with Crippen LogP contribution in [0.3, 0.4) is 0 Å². The average Bonchev–Trinajstić information content (AvgIpc) is 3.34. The Morgan fingerprint density at radius 1 is 1.09 bits per heavy atom. The van der Waals surface area contributed by atoms with Crippen molar-refractivity contribution in [3.63, 3.8) is 0 Å². The highest BCUT2D eigenvalue weighted by Gasteiger charge is 2.30. The van der Waals surface area contributed by atoms with Gasteiger partial charge in [0.25, 0.3) is 5.56 Å². The van der Waals surface area contributed by atoms with Gasteiger partial charge in [0, 0.05) is 48.8 Å². The second kappa shape index (κ2) is 8.57. The van der Waals surface area contributed by atoms with E-state index in [0.717, 1.165) is 29.0 Å². The second-order valence-electron chi connectivity index (χ2n) is 7.90. The van der Waals surface area contributed by atoms with Gasteiger partial charge in [-0.1, -0.05) is 18.2 Å². The molecule has 0 spiro atoms. The van der Waals surface area contributed by atoms with Crippen LogP contribution in [-0.2, 0) is 25.7 Å². The summed E-state index contributed by atoms with van der Waals surface area (Å²) in [5.74, 6) is 0.285. The Morgan fingerprint density at radius 2 is 1.91 bits per heavy atom. The van der Waals surface area contributed by atoms with E-state index in [1.165, 1.54) is 12.1 Å². The van der Waals surface area contributed by atoms with Gasteiger partial charge in [0.2, 0.25) is 0 Å². The van der Waals surface area contributed by atoms with Crippen molar-refractivity contribution in [2.75, 3.05) is 6.54 Å². The number of fused-ring (bicyclic) bond motifs is 1. The fourth-order valence-electron chi connectivity index (χ4n) is 4.04. The number of aromatic amines is 1. The van der Waals surface area contributed by atoms with E-state index in [1.54, 1.807) is 17.5 Å². The zero-order chi connectivity index (χ0) is 23.0. The predicted octanol–water partition coefficient (Wildman–Crippen LogP) is 5.14. The maximum Gasteiger partial charge on any atom is 0.416 e. The normalized spacial score (nSPS) is 14.3. The maximum absolute atomic E-state index is 12.8. The molecule has 9 heteroatoms. The second-order valence-corrected chi connectivity index (χ2v) is 8.68. The Kier molecular flexibility index (Phi) is 5.59. The van der Waals surface area contributed by atoms with Crippen LogP contribution < -0.4 is 5.56 Å². The van der Waals surface area contributed by atoms with Crippen LogP contribution in [0.15, 0.2) is 64.2 Å². The van der Waals surface area contributed by atoms with Gasteiger partial charge in [0.1, 0.15) is 5.82 Å².